The molecule has 0 rings (SSSR count). The van der Waals surface area contributed by atoms with Crippen molar-refractivity contribution in [1.29, 1.82) is 0 Å². The average Bonchev–Trinajstić information content (AvgIpc) is 2.77. The van der Waals surface area contributed by atoms with Gasteiger partial charge in [0.2, 0.25) is 0 Å². The van der Waals surface area contributed by atoms with Gasteiger partial charge in [-0.3, -0.25) is 0 Å². The van der Waals surface area contributed by atoms with Crippen molar-refractivity contribution in [2.75, 3.05) is 46.2 Å². The summed E-state index contributed by atoms with van der Waals surface area (Å²) in [7, 11) is 0. The molecule has 0 aliphatic rings. The molecule has 0 radical (unpaired) electrons. The Balaban J connectivity index is 0. The molecule has 0 N–H and O–H groups in total. The quantitative estimate of drug-likeness (QED) is 0.165. The summed E-state index contributed by atoms with van der Waals surface area (Å²) >= 11 is 0. The van der Waals surface area contributed by atoms with Gasteiger partial charge in [0.1, 0.15) is 0 Å². The molecule has 0 amide bonds. The van der Waals surface area contributed by atoms with Crippen molar-refractivity contribution in [1.82, 2.24) is 0 Å². The van der Waals surface area contributed by atoms with Crippen LogP contribution in [0, 0.1) is 11.3 Å². The maximum absolute atomic E-state index is 5.86. The van der Waals surface area contributed by atoms with Crippen LogP contribution in [0.2, 0.25) is 0 Å². The smallest absolute Gasteiger partial charge is 0.0638 e. The summed E-state index contributed by atoms with van der Waals surface area (Å²) in [5.41, 5.74) is -0.261. The SMILES string of the molecule is CC(C)OCC(COC(C)C)(COC(C)C)COC(C)C.CC(C)OCC(COC(C)C)COC(C)C. The van der Waals surface area contributed by atoms with Crippen LogP contribution >= 0.6 is 0 Å². The lowest BCUT2D eigenvalue weighted by molar-refractivity contribution is -0.136. The van der Waals surface area contributed by atoms with Crippen molar-refractivity contribution in [2.45, 2.75) is 140 Å². The van der Waals surface area contributed by atoms with Gasteiger partial charge in [0.25, 0.3) is 0 Å². The van der Waals surface area contributed by atoms with E-state index in [0.29, 0.717) is 52.2 Å². The summed E-state index contributed by atoms with van der Waals surface area (Å²) < 4.78 is 40.3. The first-order valence-corrected chi connectivity index (χ1v) is 14.4. The topological polar surface area (TPSA) is 64.6 Å². The molecule has 7 nitrogen and oxygen atoms in total. The van der Waals surface area contributed by atoms with Gasteiger partial charge < -0.3 is 33.2 Å². The molecule has 0 spiro atoms. The Labute approximate surface area is 230 Å². The van der Waals surface area contributed by atoms with Crippen LogP contribution in [0.3, 0.4) is 0 Å². The number of rotatable bonds is 21. The molecule has 0 aliphatic carbocycles. The zero-order chi connectivity index (χ0) is 29.0. The number of ether oxygens (including phenoxy) is 7. The van der Waals surface area contributed by atoms with Crippen LogP contribution in [0.15, 0.2) is 0 Å². The molecule has 0 aromatic carbocycles. The average molecular weight is 537 g/mol. The van der Waals surface area contributed by atoms with E-state index in [2.05, 4.69) is 0 Å². The minimum atomic E-state index is -0.261. The summed E-state index contributed by atoms with van der Waals surface area (Å²) in [6.45, 7) is 33.0. The van der Waals surface area contributed by atoms with E-state index in [4.69, 9.17) is 33.2 Å². The van der Waals surface area contributed by atoms with Crippen molar-refractivity contribution in [3.63, 3.8) is 0 Å². The molecule has 0 saturated carbocycles. The molecule has 37 heavy (non-hydrogen) atoms. The van der Waals surface area contributed by atoms with Gasteiger partial charge in [-0.15, -0.1) is 0 Å². The monoisotopic (exact) mass is 536 g/mol. The van der Waals surface area contributed by atoms with Crippen LogP contribution in [0.5, 0.6) is 0 Å². The second-order valence-electron chi connectivity index (χ2n) is 12.0. The Morgan fingerprint density at radius 3 is 0.676 bits per heavy atom. The Morgan fingerprint density at radius 2 is 0.514 bits per heavy atom. The molecular formula is C30H64O7. The highest BCUT2D eigenvalue weighted by atomic mass is 16.5. The minimum absolute atomic E-state index is 0.182. The predicted molar refractivity (Wildman–Crippen MR) is 154 cm³/mol. The van der Waals surface area contributed by atoms with Gasteiger partial charge >= 0.3 is 0 Å². The van der Waals surface area contributed by atoms with Gasteiger partial charge in [-0.05, 0) is 96.9 Å². The van der Waals surface area contributed by atoms with Crippen molar-refractivity contribution in [2.24, 2.45) is 11.3 Å². The molecule has 7 heteroatoms. The van der Waals surface area contributed by atoms with E-state index in [1.54, 1.807) is 0 Å². The van der Waals surface area contributed by atoms with E-state index in [0.717, 1.165) is 0 Å². The Kier molecular flexibility index (Phi) is 23.7. The van der Waals surface area contributed by atoms with Crippen LogP contribution < -0.4 is 0 Å². The normalized spacial score (nSPS) is 12.8. The zero-order valence-electron chi connectivity index (χ0n) is 26.9. The van der Waals surface area contributed by atoms with E-state index >= 15 is 0 Å². The fourth-order valence-corrected chi connectivity index (χ4v) is 2.75. The molecule has 0 aromatic rings. The molecule has 0 unspecified atom stereocenters. The fourth-order valence-electron chi connectivity index (χ4n) is 2.75. The van der Waals surface area contributed by atoms with Gasteiger partial charge in [0.05, 0.1) is 94.4 Å². The first-order valence-electron chi connectivity index (χ1n) is 14.4. The molecule has 0 bridgehead atoms. The van der Waals surface area contributed by atoms with Gasteiger partial charge in [0.15, 0.2) is 0 Å². The lowest BCUT2D eigenvalue weighted by Crippen LogP contribution is -2.44. The van der Waals surface area contributed by atoms with E-state index in [9.17, 15) is 0 Å². The summed E-state index contributed by atoms with van der Waals surface area (Å²) in [6, 6.07) is 0. The van der Waals surface area contributed by atoms with Crippen LogP contribution in [0.25, 0.3) is 0 Å². The maximum Gasteiger partial charge on any atom is 0.0638 e. The molecule has 0 heterocycles. The van der Waals surface area contributed by atoms with Crippen molar-refractivity contribution >= 4 is 0 Å². The molecule has 0 fully saturated rings. The predicted octanol–water partition coefficient (Wildman–Crippen LogP) is 6.55. The maximum atomic E-state index is 5.86. The zero-order valence-corrected chi connectivity index (χ0v) is 26.9. The van der Waals surface area contributed by atoms with Crippen LogP contribution in [-0.2, 0) is 33.2 Å². The van der Waals surface area contributed by atoms with Gasteiger partial charge in [-0.2, -0.15) is 0 Å². The Bertz CT molecular complexity index is 408. The Morgan fingerprint density at radius 1 is 0.324 bits per heavy atom. The molecule has 0 aromatic heterocycles. The third-order valence-electron chi connectivity index (χ3n) is 4.89. The molecule has 0 saturated heterocycles. The standard InChI is InChI=1S/C17H36O4.C13H28O3/c1-13(2)18-9-17(10-19-14(3)4,11-20-15(5)6)12-21-16(7)8;1-10(2)14-7-13(8-15-11(3)4)9-16-12(5)6/h13-16H,9-12H2,1-8H3;10-13H,7-9H2,1-6H3. The lowest BCUT2D eigenvalue weighted by Gasteiger charge is -2.35. The number of hydrogen-bond acceptors (Lipinski definition) is 7. The number of hydrogen-bond donors (Lipinski definition) is 0. The highest BCUT2D eigenvalue weighted by molar-refractivity contribution is 4.80. The first kappa shape index (κ1) is 38.9. The minimum Gasteiger partial charge on any atom is -0.378 e. The highest BCUT2D eigenvalue weighted by Crippen LogP contribution is 2.23. The lowest BCUT2D eigenvalue weighted by atomic mass is 9.91. The van der Waals surface area contributed by atoms with Crippen molar-refractivity contribution < 1.29 is 33.2 Å². The highest BCUT2D eigenvalue weighted by Gasteiger charge is 2.34. The summed E-state index contributed by atoms with van der Waals surface area (Å²) in [5.74, 6) is 0.326. The van der Waals surface area contributed by atoms with Crippen LogP contribution in [0.4, 0.5) is 0 Å². The molecule has 226 valence electrons. The summed E-state index contributed by atoms with van der Waals surface area (Å²) in [4.78, 5) is 0. The first-order chi connectivity index (χ1) is 17.1. The second-order valence-corrected chi connectivity index (χ2v) is 12.0. The molecule has 0 atom stereocenters. The second kappa shape index (κ2) is 22.5. The van der Waals surface area contributed by atoms with Crippen molar-refractivity contribution in [3.8, 4) is 0 Å². The summed E-state index contributed by atoms with van der Waals surface area (Å²) in [6.07, 6.45) is 1.52. The van der Waals surface area contributed by atoms with Crippen LogP contribution in [0.1, 0.15) is 96.9 Å². The van der Waals surface area contributed by atoms with Gasteiger partial charge in [-0.25, -0.2) is 0 Å². The van der Waals surface area contributed by atoms with Crippen molar-refractivity contribution in [3.05, 3.63) is 0 Å². The van der Waals surface area contributed by atoms with Crippen LogP contribution in [-0.4, -0.2) is 89.0 Å². The fraction of sp³-hybridized carbons (Fsp3) is 1.00. The Hall–Kier alpha value is -0.280. The molecular weight excluding hydrogens is 472 g/mol. The van der Waals surface area contributed by atoms with E-state index in [1.807, 2.05) is 96.9 Å². The molecule has 0 aliphatic heterocycles. The van der Waals surface area contributed by atoms with E-state index in [-0.39, 0.29) is 48.1 Å². The largest absolute Gasteiger partial charge is 0.378 e. The van der Waals surface area contributed by atoms with Gasteiger partial charge in [-0.1, -0.05) is 0 Å². The third-order valence-corrected chi connectivity index (χ3v) is 4.89. The van der Waals surface area contributed by atoms with Gasteiger partial charge in [0, 0.05) is 5.92 Å². The summed E-state index contributed by atoms with van der Waals surface area (Å²) in [5, 5.41) is 0. The third kappa shape index (κ3) is 27.1. The van der Waals surface area contributed by atoms with E-state index in [1.165, 1.54) is 0 Å². The van der Waals surface area contributed by atoms with E-state index < -0.39 is 0 Å².